The summed E-state index contributed by atoms with van der Waals surface area (Å²) in [6.07, 6.45) is 3.35. The number of aliphatic hydroxyl groups excluding tert-OH is 1. The van der Waals surface area contributed by atoms with Crippen LogP contribution in [0.25, 0.3) is 0 Å². The molecule has 2 aromatic rings. The number of aliphatic hydroxyl groups is 1. The van der Waals surface area contributed by atoms with E-state index in [1.807, 2.05) is 16.8 Å². The van der Waals surface area contributed by atoms with Gasteiger partial charge in [0.2, 0.25) is 0 Å². The van der Waals surface area contributed by atoms with E-state index in [1.165, 1.54) is 0 Å². The molecule has 0 bridgehead atoms. The highest BCUT2D eigenvalue weighted by atomic mass is 16.3. The van der Waals surface area contributed by atoms with Crippen LogP contribution in [0, 0.1) is 0 Å². The van der Waals surface area contributed by atoms with Crippen LogP contribution in [0.1, 0.15) is 23.8 Å². The molecule has 0 fully saturated rings. The van der Waals surface area contributed by atoms with Crippen LogP contribution in [0.15, 0.2) is 22.8 Å². The molecule has 1 aliphatic heterocycles. The van der Waals surface area contributed by atoms with E-state index in [4.69, 9.17) is 4.42 Å². The molecule has 0 spiro atoms. The topological polar surface area (TPSA) is 64.1 Å². The monoisotopic (exact) mass is 219 g/mol. The summed E-state index contributed by atoms with van der Waals surface area (Å²) in [6.45, 7) is 0.752. The lowest BCUT2D eigenvalue weighted by Crippen LogP contribution is -2.23. The third kappa shape index (κ3) is 1.74. The molecule has 3 rings (SSSR count). The van der Waals surface area contributed by atoms with E-state index in [1.54, 1.807) is 6.26 Å². The molecule has 0 radical (unpaired) electrons. The maximum atomic E-state index is 9.52. The van der Waals surface area contributed by atoms with Crippen molar-refractivity contribution in [2.75, 3.05) is 0 Å². The summed E-state index contributed by atoms with van der Waals surface area (Å²) >= 11 is 0. The van der Waals surface area contributed by atoms with Crippen molar-refractivity contribution in [1.29, 1.82) is 0 Å². The van der Waals surface area contributed by atoms with Gasteiger partial charge in [-0.25, -0.2) is 9.67 Å². The molecule has 0 saturated heterocycles. The maximum Gasteiger partial charge on any atom is 0.158 e. The summed E-state index contributed by atoms with van der Waals surface area (Å²) < 4.78 is 7.13. The number of nitrogens with zero attached hydrogens (tertiary/aromatic N) is 3. The molecule has 1 atom stereocenters. The standard InChI is InChI=1S/C11H13N3O2/c15-8-3-4-14-11(6-8)12-10(13-14)7-9-2-1-5-16-9/h1-2,5,8,15H,3-4,6-7H2. The number of furan rings is 1. The Bertz CT molecular complexity index is 475. The predicted octanol–water partition coefficient (Wildman–Crippen LogP) is 0.769. The quantitative estimate of drug-likeness (QED) is 0.810. The van der Waals surface area contributed by atoms with Gasteiger partial charge >= 0.3 is 0 Å². The van der Waals surface area contributed by atoms with Gasteiger partial charge in [0, 0.05) is 13.0 Å². The van der Waals surface area contributed by atoms with Gasteiger partial charge < -0.3 is 9.52 Å². The fourth-order valence-electron chi connectivity index (χ4n) is 1.98. The third-order valence-electron chi connectivity index (χ3n) is 2.80. The van der Waals surface area contributed by atoms with E-state index in [-0.39, 0.29) is 6.10 Å². The largest absolute Gasteiger partial charge is 0.469 e. The second kappa shape index (κ2) is 3.75. The average molecular weight is 219 g/mol. The third-order valence-corrected chi connectivity index (χ3v) is 2.80. The molecule has 1 aliphatic rings. The molecule has 0 saturated carbocycles. The van der Waals surface area contributed by atoms with Crippen LogP contribution in [-0.2, 0) is 19.4 Å². The van der Waals surface area contributed by atoms with Crippen molar-refractivity contribution in [2.45, 2.75) is 31.9 Å². The van der Waals surface area contributed by atoms with Crippen molar-refractivity contribution >= 4 is 0 Å². The maximum absolute atomic E-state index is 9.52. The molecule has 5 heteroatoms. The second-order valence-electron chi connectivity index (χ2n) is 4.07. The minimum Gasteiger partial charge on any atom is -0.469 e. The molecule has 1 unspecified atom stereocenters. The van der Waals surface area contributed by atoms with E-state index < -0.39 is 0 Å². The summed E-state index contributed by atoms with van der Waals surface area (Å²) in [5.74, 6) is 2.50. The van der Waals surface area contributed by atoms with E-state index in [9.17, 15) is 5.11 Å². The minimum atomic E-state index is -0.270. The molecule has 84 valence electrons. The van der Waals surface area contributed by atoms with Crippen LogP contribution in [-0.4, -0.2) is 26.0 Å². The van der Waals surface area contributed by atoms with Gasteiger partial charge in [0.25, 0.3) is 0 Å². The Labute approximate surface area is 92.7 Å². The van der Waals surface area contributed by atoms with Gasteiger partial charge in [0.05, 0.1) is 18.8 Å². The molecule has 5 nitrogen and oxygen atoms in total. The molecule has 16 heavy (non-hydrogen) atoms. The second-order valence-corrected chi connectivity index (χ2v) is 4.07. The Balaban J connectivity index is 1.82. The summed E-state index contributed by atoms with van der Waals surface area (Å²) in [4.78, 5) is 4.41. The Kier molecular flexibility index (Phi) is 2.25. The van der Waals surface area contributed by atoms with Crippen molar-refractivity contribution in [3.8, 4) is 0 Å². The zero-order valence-electron chi connectivity index (χ0n) is 8.83. The molecule has 1 N–H and O–H groups in total. The van der Waals surface area contributed by atoms with E-state index in [0.29, 0.717) is 12.8 Å². The molecule has 0 aliphatic carbocycles. The highest BCUT2D eigenvalue weighted by Crippen LogP contribution is 2.14. The zero-order chi connectivity index (χ0) is 11.0. The van der Waals surface area contributed by atoms with Crippen molar-refractivity contribution < 1.29 is 9.52 Å². The van der Waals surface area contributed by atoms with Crippen molar-refractivity contribution in [2.24, 2.45) is 0 Å². The van der Waals surface area contributed by atoms with Gasteiger partial charge in [0.1, 0.15) is 11.6 Å². The lowest BCUT2D eigenvalue weighted by atomic mass is 10.1. The molecule has 2 aromatic heterocycles. The summed E-state index contributed by atoms with van der Waals surface area (Å²) in [6, 6.07) is 3.77. The first-order valence-electron chi connectivity index (χ1n) is 5.44. The first kappa shape index (κ1) is 9.59. The van der Waals surface area contributed by atoms with Gasteiger partial charge in [-0.05, 0) is 18.6 Å². The Morgan fingerprint density at radius 1 is 1.56 bits per heavy atom. The average Bonchev–Trinajstić information content (AvgIpc) is 2.86. The Morgan fingerprint density at radius 3 is 3.31 bits per heavy atom. The first-order chi connectivity index (χ1) is 7.81. The van der Waals surface area contributed by atoms with Crippen LogP contribution < -0.4 is 0 Å². The molecular weight excluding hydrogens is 206 g/mol. The highest BCUT2D eigenvalue weighted by Gasteiger charge is 2.20. The number of fused-ring (bicyclic) bond motifs is 1. The number of hydrogen-bond acceptors (Lipinski definition) is 4. The first-order valence-corrected chi connectivity index (χ1v) is 5.44. The van der Waals surface area contributed by atoms with Crippen LogP contribution in [0.2, 0.25) is 0 Å². The van der Waals surface area contributed by atoms with Gasteiger partial charge in [0.15, 0.2) is 5.82 Å². The van der Waals surface area contributed by atoms with Crippen LogP contribution in [0.4, 0.5) is 0 Å². The molecule has 0 aromatic carbocycles. The van der Waals surface area contributed by atoms with Crippen molar-refractivity contribution in [3.05, 3.63) is 35.8 Å². The fourth-order valence-corrected chi connectivity index (χ4v) is 1.98. The Hall–Kier alpha value is -1.62. The van der Waals surface area contributed by atoms with Crippen LogP contribution >= 0.6 is 0 Å². The van der Waals surface area contributed by atoms with Gasteiger partial charge in [-0.15, -0.1) is 0 Å². The van der Waals surface area contributed by atoms with E-state index in [2.05, 4.69) is 10.1 Å². The molecular formula is C11H13N3O2. The number of aromatic nitrogens is 3. The predicted molar refractivity (Wildman–Crippen MR) is 55.9 cm³/mol. The van der Waals surface area contributed by atoms with Gasteiger partial charge in [-0.2, -0.15) is 5.10 Å². The van der Waals surface area contributed by atoms with Crippen LogP contribution in [0.3, 0.4) is 0 Å². The van der Waals surface area contributed by atoms with Gasteiger partial charge in [-0.3, -0.25) is 0 Å². The highest BCUT2D eigenvalue weighted by molar-refractivity contribution is 5.07. The van der Waals surface area contributed by atoms with Crippen molar-refractivity contribution in [3.63, 3.8) is 0 Å². The number of hydrogen-bond donors (Lipinski definition) is 1. The lowest BCUT2D eigenvalue weighted by Gasteiger charge is -2.16. The van der Waals surface area contributed by atoms with E-state index in [0.717, 1.165) is 30.4 Å². The smallest absolute Gasteiger partial charge is 0.158 e. The fraction of sp³-hybridized carbons (Fsp3) is 0.455. The Morgan fingerprint density at radius 2 is 2.50 bits per heavy atom. The SMILES string of the molecule is OC1CCn2nc(Cc3ccco3)nc2C1. The summed E-state index contributed by atoms with van der Waals surface area (Å²) in [5.41, 5.74) is 0. The van der Waals surface area contributed by atoms with Crippen LogP contribution in [0.5, 0.6) is 0 Å². The normalized spacial score (nSPS) is 19.7. The zero-order valence-corrected chi connectivity index (χ0v) is 8.83. The molecule has 0 amide bonds. The number of rotatable bonds is 2. The summed E-state index contributed by atoms with van der Waals surface area (Å²) in [7, 11) is 0. The molecule has 3 heterocycles. The lowest BCUT2D eigenvalue weighted by molar-refractivity contribution is 0.138. The number of aryl methyl sites for hydroxylation is 1. The minimum absolute atomic E-state index is 0.270. The van der Waals surface area contributed by atoms with Crippen molar-refractivity contribution in [1.82, 2.24) is 14.8 Å². The van der Waals surface area contributed by atoms with Gasteiger partial charge in [-0.1, -0.05) is 0 Å². The van der Waals surface area contributed by atoms with E-state index >= 15 is 0 Å². The summed E-state index contributed by atoms with van der Waals surface area (Å²) in [5, 5.41) is 13.9.